The number of hydrogen-bond acceptors (Lipinski definition) is 4. The Morgan fingerprint density at radius 3 is 2.87 bits per heavy atom. The summed E-state index contributed by atoms with van der Waals surface area (Å²) in [5, 5.41) is 3.28. The molecule has 1 aliphatic heterocycles. The molecule has 1 aromatic rings. The van der Waals surface area contributed by atoms with Gasteiger partial charge in [-0.05, 0) is 34.5 Å². The van der Waals surface area contributed by atoms with E-state index in [2.05, 4.69) is 21.2 Å². The van der Waals surface area contributed by atoms with Crippen LogP contribution in [0, 0.1) is 0 Å². The highest BCUT2D eigenvalue weighted by molar-refractivity contribution is 9.11. The predicted molar refractivity (Wildman–Crippen MR) is 65.9 cm³/mol. The van der Waals surface area contributed by atoms with Gasteiger partial charge in [0.1, 0.15) is 0 Å². The van der Waals surface area contributed by atoms with Crippen LogP contribution in [0.1, 0.15) is 11.3 Å². The van der Waals surface area contributed by atoms with Gasteiger partial charge in [-0.3, -0.25) is 0 Å². The lowest BCUT2D eigenvalue weighted by Crippen LogP contribution is -2.29. The molecule has 2 rings (SSSR count). The number of nitrogens with one attached hydrogen (secondary N) is 1. The number of sulfone groups is 1. The maximum absolute atomic E-state index is 11.2. The van der Waals surface area contributed by atoms with Gasteiger partial charge in [0.25, 0.3) is 0 Å². The smallest absolute Gasteiger partial charge is 0.151 e. The Hall–Kier alpha value is 0.0900. The topological polar surface area (TPSA) is 46.2 Å². The average molecular weight is 310 g/mol. The number of thiophene rings is 1. The lowest BCUT2D eigenvalue weighted by molar-refractivity contribution is 0.557. The van der Waals surface area contributed by atoms with Crippen molar-refractivity contribution in [2.24, 2.45) is 0 Å². The fourth-order valence-electron chi connectivity index (χ4n) is 1.65. The Morgan fingerprint density at radius 1 is 1.53 bits per heavy atom. The standard InChI is InChI=1S/C9H12BrNO2S2/c10-9-2-1-8(14-9)5-11-7-3-4-15(12,13)6-7/h1-2,7,11H,3-6H2/t7-/m0/s1. The van der Waals surface area contributed by atoms with E-state index < -0.39 is 9.84 Å². The van der Waals surface area contributed by atoms with Crippen LogP contribution in [0.5, 0.6) is 0 Å². The van der Waals surface area contributed by atoms with Gasteiger partial charge in [-0.15, -0.1) is 11.3 Å². The summed E-state index contributed by atoms with van der Waals surface area (Å²) in [5.74, 6) is 0.623. The van der Waals surface area contributed by atoms with Crippen LogP contribution >= 0.6 is 27.3 Å². The molecule has 0 saturated carbocycles. The molecule has 0 aromatic carbocycles. The van der Waals surface area contributed by atoms with Crippen molar-refractivity contribution < 1.29 is 8.42 Å². The van der Waals surface area contributed by atoms with Crippen LogP contribution in [0.3, 0.4) is 0 Å². The van der Waals surface area contributed by atoms with Crippen LogP contribution in [0.15, 0.2) is 15.9 Å². The second-order valence-corrected chi connectivity index (χ2v) is 8.46. The monoisotopic (exact) mass is 309 g/mol. The molecule has 15 heavy (non-hydrogen) atoms. The van der Waals surface area contributed by atoms with E-state index >= 15 is 0 Å². The van der Waals surface area contributed by atoms with Crippen LogP contribution in [-0.4, -0.2) is 26.0 Å². The summed E-state index contributed by atoms with van der Waals surface area (Å²) >= 11 is 5.07. The minimum Gasteiger partial charge on any atom is -0.308 e. The van der Waals surface area contributed by atoms with Crippen molar-refractivity contribution in [1.82, 2.24) is 5.32 Å². The van der Waals surface area contributed by atoms with E-state index in [1.165, 1.54) is 4.88 Å². The first-order valence-corrected chi connectivity index (χ1v) is 8.16. The van der Waals surface area contributed by atoms with Gasteiger partial charge in [0.05, 0.1) is 15.3 Å². The van der Waals surface area contributed by atoms with E-state index in [0.717, 1.165) is 16.8 Å². The summed E-state index contributed by atoms with van der Waals surface area (Å²) < 4.78 is 23.5. The largest absolute Gasteiger partial charge is 0.308 e. The highest BCUT2D eigenvalue weighted by Crippen LogP contribution is 2.22. The molecule has 0 radical (unpaired) electrons. The van der Waals surface area contributed by atoms with E-state index in [9.17, 15) is 8.42 Å². The van der Waals surface area contributed by atoms with Crippen molar-refractivity contribution in [1.29, 1.82) is 0 Å². The first-order valence-electron chi connectivity index (χ1n) is 4.73. The van der Waals surface area contributed by atoms with Gasteiger partial charge in [0.2, 0.25) is 0 Å². The molecule has 84 valence electrons. The van der Waals surface area contributed by atoms with Crippen LogP contribution < -0.4 is 5.32 Å². The zero-order valence-electron chi connectivity index (χ0n) is 8.07. The highest BCUT2D eigenvalue weighted by Gasteiger charge is 2.27. The molecule has 1 fully saturated rings. The van der Waals surface area contributed by atoms with Gasteiger partial charge in [0.15, 0.2) is 9.84 Å². The van der Waals surface area contributed by atoms with Crippen LogP contribution in [0.4, 0.5) is 0 Å². The maximum Gasteiger partial charge on any atom is 0.151 e. The first-order chi connectivity index (χ1) is 7.05. The Labute approximate surface area is 102 Å². The molecular formula is C9H12BrNO2S2. The van der Waals surface area contributed by atoms with Gasteiger partial charge in [-0.25, -0.2) is 8.42 Å². The summed E-state index contributed by atoms with van der Waals surface area (Å²) in [6.45, 7) is 0.760. The second-order valence-electron chi connectivity index (χ2n) is 3.69. The molecule has 1 aromatic heterocycles. The van der Waals surface area contributed by atoms with E-state index in [4.69, 9.17) is 0 Å². The normalized spacial score (nSPS) is 24.5. The lowest BCUT2D eigenvalue weighted by atomic mass is 10.2. The molecule has 1 aliphatic rings. The Morgan fingerprint density at radius 2 is 2.33 bits per heavy atom. The number of halogens is 1. The molecule has 2 heterocycles. The Kier molecular flexibility index (Phi) is 3.49. The molecule has 1 N–H and O–H groups in total. The van der Waals surface area contributed by atoms with Crippen molar-refractivity contribution in [2.75, 3.05) is 11.5 Å². The second kappa shape index (κ2) is 4.53. The van der Waals surface area contributed by atoms with Crippen molar-refractivity contribution in [3.05, 3.63) is 20.8 Å². The molecule has 0 spiro atoms. The van der Waals surface area contributed by atoms with Crippen LogP contribution in [0.2, 0.25) is 0 Å². The van der Waals surface area contributed by atoms with Crippen molar-refractivity contribution in [2.45, 2.75) is 19.0 Å². The van der Waals surface area contributed by atoms with E-state index in [0.29, 0.717) is 11.5 Å². The third-order valence-corrected chi connectivity index (χ3v) is 5.82. The fraction of sp³-hybridized carbons (Fsp3) is 0.556. The van der Waals surface area contributed by atoms with Gasteiger partial charge in [-0.1, -0.05) is 0 Å². The van der Waals surface area contributed by atoms with Crippen molar-refractivity contribution >= 4 is 37.1 Å². The molecular weight excluding hydrogens is 298 g/mol. The zero-order chi connectivity index (χ0) is 10.9. The third kappa shape index (κ3) is 3.27. The molecule has 3 nitrogen and oxygen atoms in total. The minimum atomic E-state index is -2.76. The maximum atomic E-state index is 11.2. The third-order valence-electron chi connectivity index (χ3n) is 2.43. The average Bonchev–Trinajstić information content (AvgIpc) is 2.69. The summed E-state index contributed by atoms with van der Waals surface area (Å²) in [6, 6.07) is 4.19. The number of hydrogen-bond donors (Lipinski definition) is 1. The summed E-state index contributed by atoms with van der Waals surface area (Å²) in [6.07, 6.45) is 0.745. The van der Waals surface area contributed by atoms with E-state index in [1.807, 2.05) is 12.1 Å². The summed E-state index contributed by atoms with van der Waals surface area (Å²) in [7, 11) is -2.76. The summed E-state index contributed by atoms with van der Waals surface area (Å²) in [4.78, 5) is 1.23. The van der Waals surface area contributed by atoms with Gasteiger partial charge in [-0.2, -0.15) is 0 Å². The SMILES string of the molecule is O=S1(=O)CC[C@H](NCc2ccc(Br)s2)C1. The lowest BCUT2D eigenvalue weighted by Gasteiger charge is -2.08. The van der Waals surface area contributed by atoms with Gasteiger partial charge in [0, 0.05) is 17.5 Å². The van der Waals surface area contributed by atoms with Crippen LogP contribution in [0.25, 0.3) is 0 Å². The summed E-state index contributed by atoms with van der Waals surface area (Å²) in [5.41, 5.74) is 0. The molecule has 0 bridgehead atoms. The molecule has 1 saturated heterocycles. The van der Waals surface area contributed by atoms with Crippen molar-refractivity contribution in [3.63, 3.8) is 0 Å². The highest BCUT2D eigenvalue weighted by atomic mass is 79.9. The quantitative estimate of drug-likeness (QED) is 0.926. The molecule has 0 unspecified atom stereocenters. The Balaban J connectivity index is 1.85. The van der Waals surface area contributed by atoms with Crippen molar-refractivity contribution in [3.8, 4) is 0 Å². The zero-order valence-corrected chi connectivity index (χ0v) is 11.3. The molecule has 0 amide bonds. The fourth-order valence-corrected chi connectivity index (χ4v) is 4.79. The van der Waals surface area contributed by atoms with Gasteiger partial charge < -0.3 is 5.32 Å². The Bertz CT molecular complexity index is 441. The van der Waals surface area contributed by atoms with Crippen LogP contribution in [-0.2, 0) is 16.4 Å². The minimum absolute atomic E-state index is 0.135. The van der Waals surface area contributed by atoms with E-state index in [1.54, 1.807) is 11.3 Å². The van der Waals surface area contributed by atoms with E-state index in [-0.39, 0.29) is 6.04 Å². The first kappa shape index (κ1) is 11.6. The molecule has 6 heteroatoms. The predicted octanol–water partition coefficient (Wildman–Crippen LogP) is 1.79. The van der Waals surface area contributed by atoms with Gasteiger partial charge >= 0.3 is 0 Å². The number of rotatable bonds is 3. The molecule has 1 atom stereocenters. The molecule has 0 aliphatic carbocycles.